The average Bonchev–Trinajstić information content (AvgIpc) is 2.46. The molecule has 88 valence electrons. The fourth-order valence-electron chi connectivity index (χ4n) is 1.43. The Morgan fingerprint density at radius 1 is 1.53 bits per heavy atom. The van der Waals surface area contributed by atoms with E-state index in [1.165, 1.54) is 11.8 Å². The number of thioether (sulfide) groups is 1. The van der Waals surface area contributed by atoms with Gasteiger partial charge in [-0.3, -0.25) is 4.79 Å². The van der Waals surface area contributed by atoms with Crippen molar-refractivity contribution in [2.45, 2.75) is 12.5 Å². The van der Waals surface area contributed by atoms with Gasteiger partial charge in [0.2, 0.25) is 5.91 Å². The van der Waals surface area contributed by atoms with Crippen molar-refractivity contribution >= 4 is 27.5 Å². The molecule has 1 saturated heterocycles. The van der Waals surface area contributed by atoms with Crippen LogP contribution >= 0.6 is 11.8 Å². The lowest BCUT2D eigenvalue weighted by Gasteiger charge is -2.09. The summed E-state index contributed by atoms with van der Waals surface area (Å²) in [7, 11) is -2.91. The van der Waals surface area contributed by atoms with E-state index in [4.69, 9.17) is 5.73 Å². The number of rotatable bonds is 5. The molecule has 1 unspecified atom stereocenters. The maximum atomic E-state index is 11.3. The van der Waals surface area contributed by atoms with Crippen molar-refractivity contribution in [2.75, 3.05) is 29.6 Å². The van der Waals surface area contributed by atoms with Gasteiger partial charge in [0.15, 0.2) is 9.84 Å². The van der Waals surface area contributed by atoms with Crippen LogP contribution in [0.5, 0.6) is 0 Å². The van der Waals surface area contributed by atoms with Crippen LogP contribution in [0.4, 0.5) is 0 Å². The smallest absolute Gasteiger partial charge is 0.230 e. The van der Waals surface area contributed by atoms with Crippen LogP contribution in [0.1, 0.15) is 6.42 Å². The van der Waals surface area contributed by atoms with Crippen molar-refractivity contribution in [3.63, 3.8) is 0 Å². The van der Waals surface area contributed by atoms with Gasteiger partial charge in [0.25, 0.3) is 0 Å². The number of amides is 1. The minimum absolute atomic E-state index is 0.0836. The Morgan fingerprint density at radius 3 is 2.80 bits per heavy atom. The van der Waals surface area contributed by atoms with Gasteiger partial charge in [-0.25, -0.2) is 8.42 Å². The first kappa shape index (κ1) is 12.8. The molecule has 0 bridgehead atoms. The highest BCUT2D eigenvalue weighted by molar-refractivity contribution is 7.99. The van der Waals surface area contributed by atoms with Crippen LogP contribution in [0.2, 0.25) is 0 Å². The van der Waals surface area contributed by atoms with Crippen molar-refractivity contribution in [3.8, 4) is 0 Å². The van der Waals surface area contributed by atoms with E-state index >= 15 is 0 Å². The van der Waals surface area contributed by atoms with Gasteiger partial charge in [0.05, 0.1) is 17.3 Å². The summed E-state index contributed by atoms with van der Waals surface area (Å²) in [6.07, 6.45) is 0.537. The first-order valence-corrected chi connectivity index (χ1v) is 7.79. The van der Waals surface area contributed by atoms with Crippen LogP contribution in [0.3, 0.4) is 0 Å². The number of hydrogen-bond acceptors (Lipinski definition) is 5. The summed E-state index contributed by atoms with van der Waals surface area (Å²) in [4.78, 5) is 11.3. The molecule has 1 fully saturated rings. The molecule has 1 heterocycles. The zero-order chi connectivity index (χ0) is 11.3. The molecule has 1 amide bonds. The Balaban J connectivity index is 2.22. The third-order valence-corrected chi connectivity index (χ3v) is 4.85. The van der Waals surface area contributed by atoms with Crippen molar-refractivity contribution in [2.24, 2.45) is 5.73 Å². The van der Waals surface area contributed by atoms with Crippen molar-refractivity contribution in [1.82, 2.24) is 5.32 Å². The molecule has 0 aromatic rings. The van der Waals surface area contributed by atoms with Crippen LogP contribution in [-0.4, -0.2) is 49.9 Å². The molecule has 1 aliphatic heterocycles. The van der Waals surface area contributed by atoms with Gasteiger partial charge in [-0.05, 0) is 6.42 Å². The van der Waals surface area contributed by atoms with Crippen molar-refractivity contribution in [1.29, 1.82) is 0 Å². The minimum atomic E-state index is -2.91. The summed E-state index contributed by atoms with van der Waals surface area (Å²) in [5, 5.41) is 2.71. The number of nitrogens with one attached hydrogen (secondary N) is 1. The Morgan fingerprint density at radius 2 is 2.27 bits per heavy atom. The Bertz CT molecular complexity index is 316. The quantitative estimate of drug-likeness (QED) is 0.611. The molecule has 3 N–H and O–H groups in total. The Kier molecular flexibility index (Phi) is 4.88. The molecule has 0 saturated carbocycles. The number of nitrogens with two attached hydrogens (primary N) is 1. The molecular weight excluding hydrogens is 236 g/mol. The molecule has 15 heavy (non-hydrogen) atoms. The lowest BCUT2D eigenvalue weighted by Crippen LogP contribution is -2.36. The Labute approximate surface area is 94.1 Å². The third-order valence-electron chi connectivity index (χ3n) is 2.09. The second-order valence-electron chi connectivity index (χ2n) is 3.51. The molecule has 0 aromatic carbocycles. The lowest BCUT2D eigenvalue weighted by molar-refractivity contribution is -0.119. The van der Waals surface area contributed by atoms with E-state index in [0.29, 0.717) is 18.7 Å². The molecule has 5 nitrogen and oxygen atoms in total. The molecule has 1 aliphatic rings. The van der Waals surface area contributed by atoms with E-state index < -0.39 is 9.84 Å². The SMILES string of the molecule is NCCSCC(=O)NC1CCS(=O)(=O)C1. The normalized spacial score (nSPS) is 23.9. The lowest BCUT2D eigenvalue weighted by atomic mass is 10.3. The molecule has 7 heteroatoms. The Hall–Kier alpha value is -0.270. The summed E-state index contributed by atoms with van der Waals surface area (Å²) in [6.45, 7) is 0.551. The zero-order valence-corrected chi connectivity index (χ0v) is 10.1. The first-order valence-electron chi connectivity index (χ1n) is 4.81. The van der Waals surface area contributed by atoms with E-state index in [0.717, 1.165) is 5.75 Å². The second-order valence-corrected chi connectivity index (χ2v) is 6.84. The predicted molar refractivity (Wildman–Crippen MR) is 61.6 cm³/mol. The summed E-state index contributed by atoms with van der Waals surface area (Å²) >= 11 is 1.46. The predicted octanol–water partition coefficient (Wildman–Crippen LogP) is -1.02. The van der Waals surface area contributed by atoms with Crippen LogP contribution in [-0.2, 0) is 14.6 Å². The van der Waals surface area contributed by atoms with E-state index in [9.17, 15) is 13.2 Å². The number of carbonyl (C=O) groups excluding carboxylic acids is 1. The van der Waals surface area contributed by atoms with Gasteiger partial charge < -0.3 is 11.1 Å². The number of sulfone groups is 1. The van der Waals surface area contributed by atoms with Gasteiger partial charge in [0.1, 0.15) is 0 Å². The van der Waals surface area contributed by atoms with Crippen LogP contribution < -0.4 is 11.1 Å². The van der Waals surface area contributed by atoms with Gasteiger partial charge in [-0.15, -0.1) is 0 Å². The highest BCUT2D eigenvalue weighted by Gasteiger charge is 2.28. The molecular formula is C8H16N2O3S2. The van der Waals surface area contributed by atoms with E-state index in [2.05, 4.69) is 5.32 Å². The number of hydrogen-bond donors (Lipinski definition) is 2. The van der Waals surface area contributed by atoms with E-state index in [1.807, 2.05) is 0 Å². The fourth-order valence-corrected chi connectivity index (χ4v) is 3.68. The highest BCUT2D eigenvalue weighted by atomic mass is 32.2. The van der Waals surface area contributed by atoms with E-state index in [-0.39, 0.29) is 23.5 Å². The summed E-state index contributed by atoms with van der Waals surface area (Å²) in [5.41, 5.74) is 5.28. The van der Waals surface area contributed by atoms with E-state index in [1.54, 1.807) is 0 Å². The second kappa shape index (κ2) is 5.72. The topological polar surface area (TPSA) is 89.3 Å². The van der Waals surface area contributed by atoms with Gasteiger partial charge in [0, 0.05) is 18.3 Å². The monoisotopic (exact) mass is 252 g/mol. The van der Waals surface area contributed by atoms with Crippen molar-refractivity contribution < 1.29 is 13.2 Å². The van der Waals surface area contributed by atoms with Gasteiger partial charge in [-0.1, -0.05) is 0 Å². The summed E-state index contributed by atoms with van der Waals surface area (Å²) in [6, 6.07) is -0.194. The van der Waals surface area contributed by atoms with Crippen LogP contribution in [0.15, 0.2) is 0 Å². The molecule has 0 aromatic heterocycles. The molecule has 1 atom stereocenters. The average molecular weight is 252 g/mol. The molecule has 1 rings (SSSR count). The first-order chi connectivity index (χ1) is 7.03. The van der Waals surface area contributed by atoms with Crippen molar-refractivity contribution in [3.05, 3.63) is 0 Å². The molecule has 0 spiro atoms. The summed E-state index contributed by atoms with van der Waals surface area (Å²) < 4.78 is 22.2. The van der Waals surface area contributed by atoms with Gasteiger partial charge >= 0.3 is 0 Å². The molecule has 0 aliphatic carbocycles. The highest BCUT2D eigenvalue weighted by Crippen LogP contribution is 2.11. The standard InChI is InChI=1S/C8H16N2O3S2/c9-2-3-14-5-8(11)10-7-1-4-15(12,13)6-7/h7H,1-6,9H2,(H,10,11). The fraction of sp³-hybridized carbons (Fsp3) is 0.875. The van der Waals surface area contributed by atoms with Gasteiger partial charge in [-0.2, -0.15) is 11.8 Å². The maximum Gasteiger partial charge on any atom is 0.230 e. The summed E-state index contributed by atoms with van der Waals surface area (Å²) in [5.74, 6) is 1.27. The third kappa shape index (κ3) is 4.85. The largest absolute Gasteiger partial charge is 0.352 e. The minimum Gasteiger partial charge on any atom is -0.352 e. The number of carbonyl (C=O) groups is 1. The van der Waals surface area contributed by atoms with Crippen LogP contribution in [0, 0.1) is 0 Å². The maximum absolute atomic E-state index is 11.3. The van der Waals surface area contributed by atoms with Crippen LogP contribution in [0.25, 0.3) is 0 Å². The molecule has 0 radical (unpaired) electrons. The zero-order valence-electron chi connectivity index (χ0n) is 8.44.